The summed E-state index contributed by atoms with van der Waals surface area (Å²) < 4.78 is 16.1. The molecule has 7 heteroatoms. The van der Waals surface area contributed by atoms with Gasteiger partial charge in [0.05, 0.1) is 25.0 Å². The number of hydrogen-bond donors (Lipinski definition) is 1. The Hall–Kier alpha value is -4.13. The maximum Gasteiger partial charge on any atom is 0.343 e. The van der Waals surface area contributed by atoms with Gasteiger partial charge in [-0.3, -0.25) is 4.79 Å². The predicted molar refractivity (Wildman–Crippen MR) is 122 cm³/mol. The van der Waals surface area contributed by atoms with Crippen LogP contribution in [0.15, 0.2) is 77.9 Å². The van der Waals surface area contributed by atoms with Gasteiger partial charge < -0.3 is 14.2 Å². The number of rotatable bonds is 9. The van der Waals surface area contributed by atoms with E-state index < -0.39 is 5.97 Å². The van der Waals surface area contributed by atoms with Crippen LogP contribution in [0.25, 0.3) is 0 Å². The van der Waals surface area contributed by atoms with Crippen molar-refractivity contribution in [3.05, 3.63) is 89.5 Å². The van der Waals surface area contributed by atoms with Crippen molar-refractivity contribution >= 4 is 18.1 Å². The van der Waals surface area contributed by atoms with E-state index in [1.165, 1.54) is 6.21 Å². The second-order valence-electron chi connectivity index (χ2n) is 6.57. The molecule has 0 bridgehead atoms. The lowest BCUT2D eigenvalue weighted by molar-refractivity contribution is 0.0734. The van der Waals surface area contributed by atoms with Crippen molar-refractivity contribution in [3.8, 4) is 17.2 Å². The molecule has 0 saturated carbocycles. The Morgan fingerprint density at radius 2 is 1.25 bits per heavy atom. The largest absolute Gasteiger partial charge is 0.494 e. The Balaban J connectivity index is 1.51. The fourth-order valence-corrected chi connectivity index (χ4v) is 2.74. The summed E-state index contributed by atoms with van der Waals surface area (Å²) in [7, 11) is 0. The zero-order chi connectivity index (χ0) is 22.8. The van der Waals surface area contributed by atoms with E-state index in [4.69, 9.17) is 14.2 Å². The third kappa shape index (κ3) is 6.43. The normalized spacial score (nSPS) is 10.6. The Morgan fingerprint density at radius 1 is 0.750 bits per heavy atom. The molecule has 0 aromatic heterocycles. The van der Waals surface area contributed by atoms with Gasteiger partial charge >= 0.3 is 5.97 Å². The second kappa shape index (κ2) is 11.3. The average Bonchev–Trinajstić information content (AvgIpc) is 2.81. The highest BCUT2D eigenvalue weighted by molar-refractivity contribution is 5.95. The third-order valence-corrected chi connectivity index (χ3v) is 4.30. The van der Waals surface area contributed by atoms with Gasteiger partial charge in [-0.1, -0.05) is 0 Å². The minimum absolute atomic E-state index is 0.329. The van der Waals surface area contributed by atoms with Gasteiger partial charge in [0.2, 0.25) is 0 Å². The van der Waals surface area contributed by atoms with Crippen LogP contribution in [0.1, 0.15) is 40.1 Å². The highest BCUT2D eigenvalue weighted by Crippen LogP contribution is 2.16. The van der Waals surface area contributed by atoms with Gasteiger partial charge in [-0.25, -0.2) is 10.2 Å². The summed E-state index contributed by atoms with van der Waals surface area (Å²) in [5, 5.41) is 3.96. The van der Waals surface area contributed by atoms with Crippen molar-refractivity contribution in [2.45, 2.75) is 13.8 Å². The summed E-state index contributed by atoms with van der Waals surface area (Å²) >= 11 is 0. The van der Waals surface area contributed by atoms with E-state index in [9.17, 15) is 9.59 Å². The van der Waals surface area contributed by atoms with Crippen LogP contribution >= 0.6 is 0 Å². The van der Waals surface area contributed by atoms with Crippen LogP contribution in [0.2, 0.25) is 0 Å². The average molecular weight is 432 g/mol. The number of hydrazone groups is 1. The summed E-state index contributed by atoms with van der Waals surface area (Å²) in [5.74, 6) is 1.01. The lowest BCUT2D eigenvalue weighted by Gasteiger charge is -2.06. The number of nitrogens with one attached hydrogen (secondary N) is 1. The Kier molecular flexibility index (Phi) is 7.97. The highest BCUT2D eigenvalue weighted by atomic mass is 16.5. The molecule has 0 unspecified atom stereocenters. The predicted octanol–water partition coefficient (Wildman–Crippen LogP) is 4.47. The molecule has 164 valence electrons. The molecule has 0 spiro atoms. The molecule has 0 heterocycles. The third-order valence-electron chi connectivity index (χ3n) is 4.30. The van der Waals surface area contributed by atoms with Crippen molar-refractivity contribution in [1.82, 2.24) is 5.43 Å². The molecular formula is C25H24N2O5. The Labute approximate surface area is 186 Å². The molecule has 0 radical (unpaired) electrons. The van der Waals surface area contributed by atoms with Crippen molar-refractivity contribution in [1.29, 1.82) is 0 Å². The summed E-state index contributed by atoms with van der Waals surface area (Å²) in [5.41, 5.74) is 4.11. The van der Waals surface area contributed by atoms with Crippen molar-refractivity contribution in [2.24, 2.45) is 5.10 Å². The van der Waals surface area contributed by atoms with Crippen LogP contribution in [0.3, 0.4) is 0 Å². The van der Waals surface area contributed by atoms with Gasteiger partial charge in [-0.2, -0.15) is 5.10 Å². The molecule has 1 N–H and O–H groups in total. The smallest absolute Gasteiger partial charge is 0.343 e. The van der Waals surface area contributed by atoms with Gasteiger partial charge in [0, 0.05) is 5.56 Å². The highest BCUT2D eigenvalue weighted by Gasteiger charge is 2.09. The van der Waals surface area contributed by atoms with Crippen molar-refractivity contribution in [3.63, 3.8) is 0 Å². The molecule has 0 atom stereocenters. The number of hydrogen-bond acceptors (Lipinski definition) is 6. The zero-order valence-electron chi connectivity index (χ0n) is 17.9. The molecule has 3 aromatic rings. The molecule has 0 saturated heterocycles. The minimum Gasteiger partial charge on any atom is -0.494 e. The van der Waals surface area contributed by atoms with E-state index in [1.807, 2.05) is 13.8 Å². The first kappa shape index (κ1) is 22.6. The van der Waals surface area contributed by atoms with Crippen LogP contribution in [0.4, 0.5) is 0 Å². The first-order valence-corrected chi connectivity index (χ1v) is 10.2. The molecule has 3 rings (SSSR count). The fraction of sp³-hybridized carbons (Fsp3) is 0.160. The lowest BCUT2D eigenvalue weighted by Crippen LogP contribution is -2.17. The molecule has 0 fully saturated rings. The van der Waals surface area contributed by atoms with E-state index in [0.29, 0.717) is 41.6 Å². The molecule has 7 nitrogen and oxygen atoms in total. The first-order valence-electron chi connectivity index (χ1n) is 10.2. The Bertz CT molecular complexity index is 1060. The molecule has 0 aliphatic carbocycles. The fourth-order valence-electron chi connectivity index (χ4n) is 2.74. The van der Waals surface area contributed by atoms with Crippen LogP contribution in [-0.4, -0.2) is 31.3 Å². The first-order chi connectivity index (χ1) is 15.6. The van der Waals surface area contributed by atoms with Gasteiger partial charge in [0.25, 0.3) is 5.91 Å². The topological polar surface area (TPSA) is 86.2 Å². The van der Waals surface area contributed by atoms with E-state index >= 15 is 0 Å². The quantitative estimate of drug-likeness (QED) is 0.233. The van der Waals surface area contributed by atoms with Gasteiger partial charge in [-0.05, 0) is 92.2 Å². The number of amides is 1. The van der Waals surface area contributed by atoms with Crippen LogP contribution in [0.5, 0.6) is 17.2 Å². The SMILES string of the molecule is CCOc1ccc(C(=O)N/N=C\c2ccc(OC(=O)c3ccc(OCC)cc3)cc2)cc1. The number of ether oxygens (including phenoxy) is 3. The molecule has 3 aromatic carbocycles. The van der Waals surface area contributed by atoms with Gasteiger partial charge in [-0.15, -0.1) is 0 Å². The van der Waals surface area contributed by atoms with Crippen LogP contribution < -0.4 is 19.6 Å². The number of carbonyl (C=O) groups is 2. The van der Waals surface area contributed by atoms with E-state index in [2.05, 4.69) is 10.5 Å². The zero-order valence-corrected chi connectivity index (χ0v) is 17.9. The number of esters is 1. The van der Waals surface area contributed by atoms with E-state index in [-0.39, 0.29) is 5.91 Å². The number of carbonyl (C=O) groups excluding carboxylic acids is 2. The maximum absolute atomic E-state index is 12.3. The van der Waals surface area contributed by atoms with Crippen LogP contribution in [0, 0.1) is 0 Å². The summed E-state index contributed by atoms with van der Waals surface area (Å²) in [6.07, 6.45) is 1.50. The Morgan fingerprint density at radius 3 is 1.78 bits per heavy atom. The summed E-state index contributed by atoms with van der Waals surface area (Å²) in [6, 6.07) is 20.3. The minimum atomic E-state index is -0.461. The van der Waals surface area contributed by atoms with Gasteiger partial charge in [0.15, 0.2) is 0 Å². The van der Waals surface area contributed by atoms with Crippen molar-refractivity contribution in [2.75, 3.05) is 13.2 Å². The van der Waals surface area contributed by atoms with E-state index in [1.54, 1.807) is 72.8 Å². The molecule has 1 amide bonds. The molecule has 0 aliphatic rings. The van der Waals surface area contributed by atoms with Crippen molar-refractivity contribution < 1.29 is 23.8 Å². The van der Waals surface area contributed by atoms with E-state index in [0.717, 1.165) is 5.56 Å². The lowest BCUT2D eigenvalue weighted by atomic mass is 10.2. The monoisotopic (exact) mass is 432 g/mol. The summed E-state index contributed by atoms with van der Waals surface area (Å²) in [4.78, 5) is 24.4. The maximum atomic E-state index is 12.3. The number of nitrogens with zero attached hydrogens (tertiary/aromatic N) is 1. The molecule has 32 heavy (non-hydrogen) atoms. The van der Waals surface area contributed by atoms with Crippen LogP contribution in [-0.2, 0) is 0 Å². The van der Waals surface area contributed by atoms with Gasteiger partial charge in [0.1, 0.15) is 17.2 Å². The molecular weight excluding hydrogens is 408 g/mol. The second-order valence-corrected chi connectivity index (χ2v) is 6.57. The molecule has 0 aliphatic heterocycles. The number of benzene rings is 3. The standard InChI is InChI=1S/C25H24N2O5/c1-3-30-21-13-7-19(8-14-21)24(28)27-26-17-18-5-11-23(12-6-18)32-25(29)20-9-15-22(16-10-20)31-4-2/h5-17H,3-4H2,1-2H3,(H,27,28)/b26-17-. The summed E-state index contributed by atoms with van der Waals surface area (Å²) in [6.45, 7) is 4.92.